The molecule has 10 heteroatoms. The first-order chi connectivity index (χ1) is 13.6. The van der Waals surface area contributed by atoms with E-state index in [1.165, 1.54) is 12.1 Å². The topological polar surface area (TPSA) is 129 Å². The Morgan fingerprint density at radius 2 is 1.07 bits per heavy atom. The van der Waals surface area contributed by atoms with Gasteiger partial charge in [-0.1, -0.05) is 24.3 Å². The first-order valence-corrected chi connectivity index (χ1v) is 8.69. The van der Waals surface area contributed by atoms with Gasteiger partial charge in [-0.3, -0.25) is 20.2 Å². The summed E-state index contributed by atoms with van der Waals surface area (Å²) in [4.78, 5) is 20.9. The third-order valence-corrected chi connectivity index (χ3v) is 3.70. The maximum Gasteiger partial charge on any atom is 0.292 e. The second kappa shape index (κ2) is 11.5. The lowest BCUT2D eigenvalue weighted by Gasteiger charge is -2.09. The summed E-state index contributed by atoms with van der Waals surface area (Å²) in [6.07, 6.45) is 0. The molecule has 0 atom stereocenters. The van der Waals surface area contributed by atoms with Crippen LogP contribution in [0, 0.1) is 20.2 Å². The van der Waals surface area contributed by atoms with E-state index in [4.69, 9.17) is 9.47 Å². The van der Waals surface area contributed by atoms with E-state index < -0.39 is 9.85 Å². The van der Waals surface area contributed by atoms with Crippen molar-refractivity contribution in [3.05, 3.63) is 68.8 Å². The van der Waals surface area contributed by atoms with Crippen molar-refractivity contribution in [1.29, 1.82) is 0 Å². The summed E-state index contributed by atoms with van der Waals surface area (Å²) < 4.78 is 10.8. The zero-order valence-corrected chi connectivity index (χ0v) is 15.2. The molecule has 0 saturated carbocycles. The Morgan fingerprint density at radius 3 is 1.46 bits per heavy atom. The van der Waals surface area contributed by atoms with Gasteiger partial charge in [0.1, 0.15) is 11.4 Å². The molecule has 2 rings (SSSR count). The summed E-state index contributed by atoms with van der Waals surface area (Å²) >= 11 is 0. The summed E-state index contributed by atoms with van der Waals surface area (Å²) in [6, 6.07) is 12.8. The van der Waals surface area contributed by atoms with Crippen molar-refractivity contribution in [2.75, 3.05) is 50.2 Å². The average molecular weight is 390 g/mol. The zero-order valence-electron chi connectivity index (χ0n) is 15.2. The maximum atomic E-state index is 10.9. The lowest BCUT2D eigenvalue weighted by molar-refractivity contribution is -0.384. The molecule has 0 aromatic heterocycles. The van der Waals surface area contributed by atoms with E-state index in [9.17, 15) is 20.2 Å². The van der Waals surface area contributed by atoms with Gasteiger partial charge in [0.25, 0.3) is 11.4 Å². The van der Waals surface area contributed by atoms with Crippen LogP contribution < -0.4 is 10.6 Å². The van der Waals surface area contributed by atoms with Crippen molar-refractivity contribution in [1.82, 2.24) is 0 Å². The predicted molar refractivity (Wildman–Crippen MR) is 105 cm³/mol. The van der Waals surface area contributed by atoms with Crippen LogP contribution in [-0.2, 0) is 9.47 Å². The summed E-state index contributed by atoms with van der Waals surface area (Å²) in [6.45, 7) is 2.38. The molecule has 2 aromatic carbocycles. The molecule has 0 aliphatic heterocycles. The van der Waals surface area contributed by atoms with E-state index in [1.54, 1.807) is 36.4 Å². The predicted octanol–water partition coefficient (Wildman–Crippen LogP) is 3.06. The lowest BCUT2D eigenvalue weighted by Crippen LogP contribution is -2.15. The number of hydrogen-bond acceptors (Lipinski definition) is 8. The molecular formula is C18H22N4O6. The highest BCUT2D eigenvalue weighted by molar-refractivity contribution is 5.61. The van der Waals surface area contributed by atoms with Crippen LogP contribution in [0.3, 0.4) is 0 Å². The van der Waals surface area contributed by atoms with Crippen molar-refractivity contribution in [2.24, 2.45) is 0 Å². The van der Waals surface area contributed by atoms with Gasteiger partial charge >= 0.3 is 0 Å². The largest absolute Gasteiger partial charge is 0.377 e. The molecule has 0 aliphatic carbocycles. The van der Waals surface area contributed by atoms with Gasteiger partial charge in [0.05, 0.1) is 36.3 Å². The molecule has 0 aliphatic rings. The van der Waals surface area contributed by atoms with Gasteiger partial charge in [0.2, 0.25) is 0 Å². The number of nitrogens with zero attached hydrogens (tertiary/aromatic N) is 2. The van der Waals surface area contributed by atoms with Gasteiger partial charge in [-0.05, 0) is 12.1 Å². The van der Waals surface area contributed by atoms with Gasteiger partial charge in [0, 0.05) is 25.2 Å². The molecule has 0 amide bonds. The van der Waals surface area contributed by atoms with Crippen LogP contribution in [0.4, 0.5) is 22.7 Å². The number of hydrogen-bond donors (Lipinski definition) is 2. The zero-order chi connectivity index (χ0) is 20.2. The standard InChI is InChI=1S/C18H22N4O6/c23-21(24)17-7-3-1-5-15(17)19-9-11-27-13-14-28-12-10-20-16-6-2-4-8-18(16)22(25)26/h1-8,19-20H,9-14H2. The monoisotopic (exact) mass is 390 g/mol. The molecule has 10 nitrogen and oxygen atoms in total. The van der Waals surface area contributed by atoms with E-state index in [0.29, 0.717) is 50.9 Å². The smallest absolute Gasteiger partial charge is 0.292 e. The summed E-state index contributed by atoms with van der Waals surface area (Å²) in [7, 11) is 0. The van der Waals surface area contributed by atoms with E-state index in [1.807, 2.05) is 0 Å². The van der Waals surface area contributed by atoms with E-state index in [-0.39, 0.29) is 11.4 Å². The minimum atomic E-state index is -0.435. The number of rotatable bonds is 13. The molecule has 0 spiro atoms. The molecule has 150 valence electrons. The molecular weight excluding hydrogens is 368 g/mol. The van der Waals surface area contributed by atoms with Crippen LogP contribution >= 0.6 is 0 Å². The first-order valence-electron chi connectivity index (χ1n) is 8.69. The first kappa shape index (κ1) is 21.1. The van der Waals surface area contributed by atoms with Gasteiger partial charge in [-0.2, -0.15) is 0 Å². The number of nitrogens with one attached hydrogen (secondary N) is 2. The van der Waals surface area contributed by atoms with Gasteiger partial charge < -0.3 is 20.1 Å². The number of nitro groups is 2. The number of benzene rings is 2. The Morgan fingerprint density at radius 1 is 0.679 bits per heavy atom. The Bertz CT molecular complexity index is 721. The Labute approximate surface area is 161 Å². The SMILES string of the molecule is O=[N+]([O-])c1ccccc1NCCOCCOCCNc1ccccc1[N+](=O)[O-]. The molecule has 2 aromatic rings. The van der Waals surface area contributed by atoms with Crippen molar-refractivity contribution >= 4 is 22.7 Å². The van der Waals surface area contributed by atoms with Crippen molar-refractivity contribution in [3.63, 3.8) is 0 Å². The summed E-state index contributed by atoms with van der Waals surface area (Å²) in [5.74, 6) is 0. The molecule has 28 heavy (non-hydrogen) atoms. The van der Waals surface area contributed by atoms with E-state index >= 15 is 0 Å². The maximum absolute atomic E-state index is 10.9. The Balaban J connectivity index is 1.53. The van der Waals surface area contributed by atoms with Crippen LogP contribution in [0.25, 0.3) is 0 Å². The van der Waals surface area contributed by atoms with Gasteiger partial charge in [0.15, 0.2) is 0 Å². The lowest BCUT2D eigenvalue weighted by atomic mass is 10.2. The number of anilines is 2. The third kappa shape index (κ3) is 6.82. The Kier molecular flexibility index (Phi) is 8.63. The average Bonchev–Trinajstić information content (AvgIpc) is 2.69. The van der Waals surface area contributed by atoms with Crippen LogP contribution in [0.5, 0.6) is 0 Å². The van der Waals surface area contributed by atoms with Crippen molar-refractivity contribution in [2.45, 2.75) is 0 Å². The van der Waals surface area contributed by atoms with Crippen LogP contribution in [0.1, 0.15) is 0 Å². The highest BCUT2D eigenvalue weighted by Gasteiger charge is 2.12. The third-order valence-electron chi connectivity index (χ3n) is 3.70. The van der Waals surface area contributed by atoms with Crippen LogP contribution in [0.2, 0.25) is 0 Å². The van der Waals surface area contributed by atoms with Crippen LogP contribution in [0.15, 0.2) is 48.5 Å². The number of nitro benzene ring substituents is 2. The fraction of sp³-hybridized carbons (Fsp3) is 0.333. The summed E-state index contributed by atoms with van der Waals surface area (Å²) in [5, 5.41) is 27.7. The molecule has 0 fully saturated rings. The second-order valence-corrected chi connectivity index (χ2v) is 5.63. The quantitative estimate of drug-likeness (QED) is 0.303. The minimum absolute atomic E-state index is 0.0250. The molecule has 0 heterocycles. The van der Waals surface area contributed by atoms with Crippen LogP contribution in [-0.4, -0.2) is 49.4 Å². The fourth-order valence-electron chi connectivity index (χ4n) is 2.40. The van der Waals surface area contributed by atoms with Crippen molar-refractivity contribution < 1.29 is 19.3 Å². The van der Waals surface area contributed by atoms with Crippen molar-refractivity contribution in [3.8, 4) is 0 Å². The molecule has 2 N–H and O–H groups in total. The van der Waals surface area contributed by atoms with Gasteiger partial charge in [-0.15, -0.1) is 0 Å². The van der Waals surface area contributed by atoms with E-state index in [2.05, 4.69) is 10.6 Å². The number of para-hydroxylation sites is 4. The normalized spacial score (nSPS) is 10.4. The highest BCUT2D eigenvalue weighted by atomic mass is 16.6. The molecule has 0 bridgehead atoms. The summed E-state index contributed by atoms with van der Waals surface area (Å²) in [5.41, 5.74) is 0.954. The number of ether oxygens (including phenoxy) is 2. The highest BCUT2D eigenvalue weighted by Crippen LogP contribution is 2.23. The molecule has 0 unspecified atom stereocenters. The second-order valence-electron chi connectivity index (χ2n) is 5.63. The fourth-order valence-corrected chi connectivity index (χ4v) is 2.40. The van der Waals surface area contributed by atoms with Gasteiger partial charge in [-0.25, -0.2) is 0 Å². The van der Waals surface area contributed by atoms with E-state index in [0.717, 1.165) is 0 Å². The molecule has 0 radical (unpaired) electrons. The minimum Gasteiger partial charge on any atom is -0.377 e. The molecule has 0 saturated heterocycles. The Hall–Kier alpha value is -3.24.